The normalized spacial score (nSPS) is 27.5. The number of amides is 1. The summed E-state index contributed by atoms with van der Waals surface area (Å²) in [5, 5.41) is 0. The molecule has 0 unspecified atom stereocenters. The van der Waals surface area contributed by atoms with Crippen molar-refractivity contribution in [3.63, 3.8) is 0 Å². The number of hydrogen-bond acceptors (Lipinski definition) is 5. The second-order valence-corrected chi connectivity index (χ2v) is 11.4. The first-order valence-electron chi connectivity index (χ1n) is 11.4. The highest BCUT2D eigenvalue weighted by atomic mass is 32.1. The number of esters is 1. The zero-order valence-electron chi connectivity index (χ0n) is 19.2. The Hall–Kier alpha value is -1.40. The molecule has 1 amide bonds. The third-order valence-corrected chi connectivity index (χ3v) is 8.32. The van der Waals surface area contributed by atoms with Gasteiger partial charge >= 0.3 is 5.97 Å². The first-order chi connectivity index (χ1) is 14.1. The lowest BCUT2D eigenvalue weighted by Gasteiger charge is -2.39. The topological polar surface area (TPSA) is 72.6 Å². The molecule has 2 aliphatic carbocycles. The number of anilines is 1. The second-order valence-electron chi connectivity index (χ2n) is 10.3. The molecule has 0 aromatic carbocycles. The van der Waals surface area contributed by atoms with Gasteiger partial charge in [-0.05, 0) is 68.8 Å². The zero-order chi connectivity index (χ0) is 22.1. The van der Waals surface area contributed by atoms with Crippen molar-refractivity contribution >= 4 is 28.9 Å². The minimum absolute atomic E-state index is 0.0419. The molecular weight excluding hydrogens is 396 g/mol. The summed E-state index contributed by atoms with van der Waals surface area (Å²) in [5.74, 6) is 0.564. The average molecular weight is 435 g/mol. The van der Waals surface area contributed by atoms with Gasteiger partial charge in [0.1, 0.15) is 4.88 Å². The maximum Gasteiger partial charge on any atom is 0.350 e. The van der Waals surface area contributed by atoms with Crippen LogP contribution in [0.5, 0.6) is 0 Å². The summed E-state index contributed by atoms with van der Waals surface area (Å²) < 4.78 is 5.11. The predicted octanol–water partition coefficient (Wildman–Crippen LogP) is 5.26. The van der Waals surface area contributed by atoms with Gasteiger partial charge in [0.15, 0.2) is 0 Å². The largest absolute Gasteiger partial charge is 0.465 e. The molecule has 1 aromatic rings. The monoisotopic (exact) mass is 434 g/mol. The quantitative estimate of drug-likeness (QED) is 0.656. The number of nitrogens with two attached hydrogens (primary N) is 1. The third kappa shape index (κ3) is 5.08. The van der Waals surface area contributed by atoms with Gasteiger partial charge in [0, 0.05) is 22.9 Å². The maximum absolute atomic E-state index is 13.9. The fourth-order valence-corrected chi connectivity index (χ4v) is 5.85. The van der Waals surface area contributed by atoms with Crippen molar-refractivity contribution in [1.82, 2.24) is 0 Å². The molecule has 1 aromatic heterocycles. The van der Waals surface area contributed by atoms with E-state index in [4.69, 9.17) is 10.5 Å². The molecule has 0 aliphatic heterocycles. The molecule has 2 N–H and O–H groups in total. The molecule has 0 spiro atoms. The first-order valence-corrected chi connectivity index (χ1v) is 12.2. The van der Waals surface area contributed by atoms with Crippen LogP contribution in [0.3, 0.4) is 0 Å². The molecule has 2 aliphatic rings. The number of thiophene rings is 1. The summed E-state index contributed by atoms with van der Waals surface area (Å²) in [4.78, 5) is 30.2. The number of nitrogens with zero attached hydrogens (tertiary/aromatic N) is 1. The molecule has 3 rings (SSSR count). The van der Waals surface area contributed by atoms with Gasteiger partial charge < -0.3 is 15.4 Å². The molecule has 0 radical (unpaired) electrons. The highest BCUT2D eigenvalue weighted by Crippen LogP contribution is 2.42. The first kappa shape index (κ1) is 23.3. The van der Waals surface area contributed by atoms with Gasteiger partial charge in [0.2, 0.25) is 5.91 Å². The van der Waals surface area contributed by atoms with Gasteiger partial charge in [0.05, 0.1) is 12.8 Å². The van der Waals surface area contributed by atoms with Crippen LogP contribution < -0.4 is 10.6 Å². The predicted molar refractivity (Wildman–Crippen MR) is 123 cm³/mol. The number of carbonyl (C=O) groups is 2. The molecule has 0 atom stereocenters. The Labute approximate surface area is 185 Å². The Kier molecular flexibility index (Phi) is 7.28. The van der Waals surface area contributed by atoms with Gasteiger partial charge in [-0.3, -0.25) is 4.79 Å². The van der Waals surface area contributed by atoms with Crippen molar-refractivity contribution in [2.75, 3.05) is 12.0 Å². The summed E-state index contributed by atoms with van der Waals surface area (Å²) in [6.07, 6.45) is 7.68. The number of carbonyl (C=O) groups excluding carboxylic acids is 2. The van der Waals surface area contributed by atoms with E-state index in [9.17, 15) is 9.59 Å². The lowest BCUT2D eigenvalue weighted by molar-refractivity contribution is -0.124. The van der Waals surface area contributed by atoms with E-state index in [1.807, 2.05) is 4.90 Å². The van der Waals surface area contributed by atoms with Gasteiger partial charge in [-0.15, -0.1) is 11.3 Å². The Bertz CT molecular complexity index is 751. The molecule has 30 heavy (non-hydrogen) atoms. The lowest BCUT2D eigenvalue weighted by Crippen LogP contribution is -2.47. The summed E-state index contributed by atoms with van der Waals surface area (Å²) in [6, 6.07) is 2.37. The molecule has 0 bridgehead atoms. The smallest absolute Gasteiger partial charge is 0.350 e. The van der Waals surface area contributed by atoms with Crippen molar-refractivity contribution in [3.05, 3.63) is 15.8 Å². The molecule has 6 heteroatoms. The molecule has 2 saturated carbocycles. The van der Waals surface area contributed by atoms with Gasteiger partial charge in [0.25, 0.3) is 0 Å². The van der Waals surface area contributed by atoms with E-state index in [1.54, 1.807) is 0 Å². The zero-order valence-corrected chi connectivity index (χ0v) is 20.0. The molecule has 168 valence electrons. The van der Waals surface area contributed by atoms with Crippen molar-refractivity contribution in [2.45, 2.75) is 96.6 Å². The van der Waals surface area contributed by atoms with E-state index in [2.05, 4.69) is 33.8 Å². The SMILES string of the molecule is COC(=O)c1sc(C(C)(C)C)cc1N(C(=O)C1CCC(C)CC1)C1CCC(N)CC1. The Morgan fingerprint density at radius 2 is 1.67 bits per heavy atom. The van der Waals surface area contributed by atoms with Crippen molar-refractivity contribution in [2.24, 2.45) is 17.6 Å². The number of methoxy groups -OCH3 is 1. The minimum Gasteiger partial charge on any atom is -0.465 e. The van der Waals surface area contributed by atoms with Crippen LogP contribution in [0.1, 0.15) is 93.6 Å². The fourth-order valence-electron chi connectivity index (χ4n) is 4.73. The number of ether oxygens (including phenoxy) is 1. The maximum atomic E-state index is 13.9. The van der Waals surface area contributed by atoms with Crippen LogP contribution in [-0.2, 0) is 14.9 Å². The summed E-state index contributed by atoms with van der Waals surface area (Å²) in [7, 11) is 1.41. The second kappa shape index (κ2) is 9.39. The van der Waals surface area contributed by atoms with E-state index in [0.29, 0.717) is 10.8 Å². The van der Waals surface area contributed by atoms with Gasteiger partial charge in [-0.2, -0.15) is 0 Å². The lowest BCUT2D eigenvalue weighted by atomic mass is 9.81. The molecule has 2 fully saturated rings. The van der Waals surface area contributed by atoms with E-state index in [1.165, 1.54) is 18.4 Å². The number of rotatable bonds is 4. The van der Waals surface area contributed by atoms with E-state index in [-0.39, 0.29) is 35.3 Å². The highest BCUT2D eigenvalue weighted by molar-refractivity contribution is 7.14. The Balaban J connectivity index is 2.02. The summed E-state index contributed by atoms with van der Waals surface area (Å²) in [5.41, 5.74) is 6.80. The van der Waals surface area contributed by atoms with E-state index < -0.39 is 0 Å². The Morgan fingerprint density at radius 1 is 1.07 bits per heavy atom. The third-order valence-electron chi connectivity index (χ3n) is 6.79. The Morgan fingerprint density at radius 3 is 2.20 bits per heavy atom. The molecule has 0 saturated heterocycles. The van der Waals surface area contributed by atoms with Crippen molar-refractivity contribution in [1.29, 1.82) is 0 Å². The van der Waals surface area contributed by atoms with Crippen molar-refractivity contribution < 1.29 is 14.3 Å². The number of hydrogen-bond donors (Lipinski definition) is 1. The fraction of sp³-hybridized carbons (Fsp3) is 0.750. The van der Waals surface area contributed by atoms with Crippen molar-refractivity contribution in [3.8, 4) is 0 Å². The summed E-state index contributed by atoms with van der Waals surface area (Å²) in [6.45, 7) is 8.68. The summed E-state index contributed by atoms with van der Waals surface area (Å²) >= 11 is 1.46. The molecular formula is C24H38N2O3S. The van der Waals surface area contributed by atoms with Crippen LogP contribution in [0.15, 0.2) is 6.07 Å². The van der Waals surface area contributed by atoms with Crippen LogP contribution in [-0.4, -0.2) is 31.1 Å². The van der Waals surface area contributed by atoms with Crippen LogP contribution in [0.25, 0.3) is 0 Å². The molecule has 5 nitrogen and oxygen atoms in total. The van der Waals surface area contributed by atoms with Gasteiger partial charge in [-0.1, -0.05) is 27.7 Å². The van der Waals surface area contributed by atoms with Crippen LogP contribution in [0.4, 0.5) is 5.69 Å². The standard InChI is InChI=1S/C24H38N2O3S/c1-15-6-8-16(9-7-15)22(27)26(18-12-10-17(25)11-13-18)19-14-20(24(2,3)4)30-21(19)23(28)29-5/h14-18H,6-13,25H2,1-5H3. The van der Waals surface area contributed by atoms with E-state index >= 15 is 0 Å². The van der Waals surface area contributed by atoms with E-state index in [0.717, 1.165) is 61.9 Å². The average Bonchev–Trinajstić information content (AvgIpc) is 3.15. The van der Waals surface area contributed by atoms with Gasteiger partial charge in [-0.25, -0.2) is 4.79 Å². The minimum atomic E-state index is -0.354. The molecule has 1 heterocycles. The van der Waals surface area contributed by atoms with Crippen LogP contribution >= 0.6 is 11.3 Å². The van der Waals surface area contributed by atoms with Crippen LogP contribution in [0.2, 0.25) is 0 Å². The van der Waals surface area contributed by atoms with Crippen LogP contribution in [0, 0.1) is 11.8 Å². The highest BCUT2D eigenvalue weighted by Gasteiger charge is 2.38.